The fourth-order valence-electron chi connectivity index (χ4n) is 5.17. The smallest absolute Gasteiger partial charge is 0.219 e. The molecule has 0 aromatic carbocycles. The number of aromatic nitrogens is 6. The van der Waals surface area contributed by atoms with Crippen LogP contribution in [0.25, 0.3) is 22.6 Å². The minimum absolute atomic E-state index is 0.185. The minimum atomic E-state index is -3.24. The van der Waals surface area contributed by atoms with Gasteiger partial charge in [-0.1, -0.05) is 0 Å². The fourth-order valence-corrected chi connectivity index (χ4v) is 5.99. The van der Waals surface area contributed by atoms with Gasteiger partial charge in [-0.25, -0.2) is 33.3 Å². The number of morpholine rings is 1. The largest absolute Gasteiger partial charge is 0.381 e. The number of nitrogens with zero attached hydrogens (tertiary/aromatic N) is 9. The van der Waals surface area contributed by atoms with Gasteiger partial charge in [0, 0.05) is 70.7 Å². The molecular weight excluding hydrogens is 512 g/mol. The van der Waals surface area contributed by atoms with Crippen LogP contribution in [0.2, 0.25) is 0 Å². The zero-order valence-electron chi connectivity index (χ0n) is 21.4. The first-order chi connectivity index (χ1) is 18.4. The van der Waals surface area contributed by atoms with Gasteiger partial charge < -0.3 is 25.0 Å². The van der Waals surface area contributed by atoms with E-state index in [-0.39, 0.29) is 5.95 Å². The Bertz CT molecular complexity index is 1390. The van der Waals surface area contributed by atoms with Crippen molar-refractivity contribution in [1.82, 2.24) is 33.8 Å². The van der Waals surface area contributed by atoms with Crippen molar-refractivity contribution in [2.75, 3.05) is 87.5 Å². The summed E-state index contributed by atoms with van der Waals surface area (Å²) in [6, 6.07) is 0. The van der Waals surface area contributed by atoms with Crippen LogP contribution in [-0.4, -0.2) is 114 Å². The van der Waals surface area contributed by atoms with Gasteiger partial charge in [-0.3, -0.25) is 4.57 Å². The predicted octanol–water partition coefficient (Wildman–Crippen LogP) is -0.180. The highest BCUT2D eigenvalue weighted by atomic mass is 32.2. The predicted molar refractivity (Wildman–Crippen MR) is 141 cm³/mol. The second-order valence-corrected chi connectivity index (χ2v) is 11.9. The number of hydrogen-bond donors (Lipinski definition) is 1. The van der Waals surface area contributed by atoms with Crippen LogP contribution < -0.4 is 15.5 Å². The van der Waals surface area contributed by atoms with E-state index in [1.54, 1.807) is 12.4 Å². The number of nitrogen functional groups attached to an aromatic ring is 1. The maximum absolute atomic E-state index is 12.1. The highest BCUT2D eigenvalue weighted by Crippen LogP contribution is 2.33. The van der Waals surface area contributed by atoms with Crippen LogP contribution in [0.1, 0.15) is 6.42 Å². The Labute approximate surface area is 220 Å². The van der Waals surface area contributed by atoms with E-state index in [0.717, 1.165) is 30.4 Å². The molecule has 15 heteroatoms. The molecule has 3 fully saturated rings. The lowest BCUT2D eigenvalue weighted by Crippen LogP contribution is -2.49. The summed E-state index contributed by atoms with van der Waals surface area (Å²) in [4.78, 5) is 27.6. The second kappa shape index (κ2) is 10.2. The third-order valence-corrected chi connectivity index (χ3v) is 8.56. The van der Waals surface area contributed by atoms with Crippen LogP contribution in [0, 0.1) is 5.92 Å². The van der Waals surface area contributed by atoms with E-state index >= 15 is 0 Å². The Kier molecular flexibility index (Phi) is 6.75. The molecular formula is C23H32N10O4S. The van der Waals surface area contributed by atoms with Gasteiger partial charge in [0.1, 0.15) is 0 Å². The van der Waals surface area contributed by atoms with Gasteiger partial charge in [0.05, 0.1) is 31.6 Å². The number of imidazole rings is 1. The van der Waals surface area contributed by atoms with Crippen molar-refractivity contribution in [2.45, 2.75) is 13.0 Å². The van der Waals surface area contributed by atoms with Gasteiger partial charge in [-0.05, 0) is 6.42 Å². The fraction of sp³-hybridized carbons (Fsp3) is 0.609. The van der Waals surface area contributed by atoms with Crippen molar-refractivity contribution in [3.05, 3.63) is 12.4 Å². The van der Waals surface area contributed by atoms with Crippen LogP contribution in [0.3, 0.4) is 0 Å². The van der Waals surface area contributed by atoms with E-state index < -0.39 is 10.0 Å². The first-order valence-corrected chi connectivity index (χ1v) is 14.7. The molecule has 3 aromatic heterocycles. The van der Waals surface area contributed by atoms with Crippen molar-refractivity contribution in [3.63, 3.8) is 0 Å². The summed E-state index contributed by atoms with van der Waals surface area (Å²) in [5.41, 5.74) is 7.82. The molecule has 38 heavy (non-hydrogen) atoms. The SMILES string of the molecule is CS(=O)(=O)N1CCN(c2nc3c(N4CCOCC4)nc(-c4cnc(N)nc4)nc3n2CC2CCOC2)CC1. The normalized spacial score (nSPS) is 21.4. The maximum Gasteiger partial charge on any atom is 0.219 e. The number of fused-ring (bicyclic) bond motifs is 1. The Morgan fingerprint density at radius 1 is 0.947 bits per heavy atom. The maximum atomic E-state index is 12.1. The molecule has 0 bridgehead atoms. The molecule has 14 nitrogen and oxygen atoms in total. The van der Waals surface area contributed by atoms with Crippen molar-refractivity contribution < 1.29 is 17.9 Å². The highest BCUT2D eigenvalue weighted by Gasteiger charge is 2.31. The summed E-state index contributed by atoms with van der Waals surface area (Å²) >= 11 is 0. The summed E-state index contributed by atoms with van der Waals surface area (Å²) < 4.78 is 39.1. The molecule has 3 aliphatic rings. The summed E-state index contributed by atoms with van der Waals surface area (Å²) in [5.74, 6) is 2.52. The van der Waals surface area contributed by atoms with Crippen molar-refractivity contribution >= 4 is 38.9 Å². The monoisotopic (exact) mass is 544 g/mol. The molecule has 3 aromatic rings. The Morgan fingerprint density at radius 2 is 1.68 bits per heavy atom. The molecule has 0 radical (unpaired) electrons. The lowest BCUT2D eigenvalue weighted by molar-refractivity contribution is 0.122. The standard InChI is InChI=1S/C23H32N10O4S/c1-38(34,35)32-5-3-31(4-6-32)23-27-18-20(30-7-10-36-11-8-30)28-19(17-12-25-22(24)26-13-17)29-21(18)33(23)14-16-2-9-37-15-16/h12-13,16H,2-11,14-15H2,1H3,(H2,24,25,26). The molecule has 2 N–H and O–H groups in total. The summed E-state index contributed by atoms with van der Waals surface area (Å²) in [6.45, 7) is 6.59. The summed E-state index contributed by atoms with van der Waals surface area (Å²) in [6.07, 6.45) is 5.47. The van der Waals surface area contributed by atoms with E-state index in [9.17, 15) is 8.42 Å². The molecule has 0 aliphatic carbocycles. The van der Waals surface area contributed by atoms with E-state index in [1.165, 1.54) is 10.6 Å². The molecule has 3 aliphatic heterocycles. The van der Waals surface area contributed by atoms with Gasteiger partial charge in [-0.2, -0.15) is 4.31 Å². The van der Waals surface area contributed by atoms with Crippen LogP contribution in [0.4, 0.5) is 17.7 Å². The first kappa shape index (κ1) is 25.2. The van der Waals surface area contributed by atoms with Crippen LogP contribution in [-0.2, 0) is 26.0 Å². The lowest BCUT2D eigenvalue weighted by atomic mass is 10.1. The van der Waals surface area contributed by atoms with Crippen molar-refractivity contribution in [3.8, 4) is 11.4 Å². The number of anilines is 3. The molecule has 1 atom stereocenters. The van der Waals surface area contributed by atoms with E-state index in [1.807, 2.05) is 0 Å². The number of sulfonamides is 1. The molecule has 204 valence electrons. The third-order valence-electron chi connectivity index (χ3n) is 7.25. The van der Waals surface area contributed by atoms with Gasteiger partial charge >= 0.3 is 0 Å². The topological polar surface area (TPSA) is 158 Å². The molecule has 1 unspecified atom stereocenters. The molecule has 0 amide bonds. The minimum Gasteiger partial charge on any atom is -0.381 e. The summed E-state index contributed by atoms with van der Waals surface area (Å²) in [7, 11) is -3.24. The number of rotatable bonds is 6. The first-order valence-electron chi connectivity index (χ1n) is 12.8. The Hall–Kier alpha value is -3.14. The van der Waals surface area contributed by atoms with E-state index in [2.05, 4.69) is 24.3 Å². The molecule has 3 saturated heterocycles. The van der Waals surface area contributed by atoms with Gasteiger partial charge in [-0.15, -0.1) is 0 Å². The average Bonchev–Trinajstić information content (AvgIpc) is 3.57. The highest BCUT2D eigenvalue weighted by molar-refractivity contribution is 7.88. The van der Waals surface area contributed by atoms with Crippen LogP contribution >= 0.6 is 0 Å². The molecule has 6 heterocycles. The van der Waals surface area contributed by atoms with E-state index in [4.69, 9.17) is 30.2 Å². The number of nitrogens with two attached hydrogens (primary N) is 1. The number of hydrogen-bond acceptors (Lipinski definition) is 12. The lowest BCUT2D eigenvalue weighted by Gasteiger charge is -2.34. The zero-order chi connectivity index (χ0) is 26.3. The quantitative estimate of drug-likeness (QED) is 0.437. The Morgan fingerprint density at radius 3 is 2.34 bits per heavy atom. The second-order valence-electron chi connectivity index (χ2n) is 9.87. The van der Waals surface area contributed by atoms with Gasteiger partial charge in [0.15, 0.2) is 22.8 Å². The third kappa shape index (κ3) is 4.98. The number of ether oxygens (including phenoxy) is 2. The molecule has 0 spiro atoms. The van der Waals surface area contributed by atoms with E-state index in [0.29, 0.717) is 88.5 Å². The van der Waals surface area contributed by atoms with Gasteiger partial charge in [0.25, 0.3) is 0 Å². The van der Waals surface area contributed by atoms with Crippen LogP contribution in [0.15, 0.2) is 12.4 Å². The van der Waals surface area contributed by atoms with Crippen molar-refractivity contribution in [1.29, 1.82) is 0 Å². The summed E-state index contributed by atoms with van der Waals surface area (Å²) in [5, 5.41) is 0. The van der Waals surface area contributed by atoms with Crippen molar-refractivity contribution in [2.24, 2.45) is 5.92 Å². The average molecular weight is 545 g/mol. The van der Waals surface area contributed by atoms with Gasteiger partial charge in [0.2, 0.25) is 21.9 Å². The van der Waals surface area contributed by atoms with Crippen LogP contribution in [0.5, 0.6) is 0 Å². The molecule has 0 saturated carbocycles. The Balaban J connectivity index is 1.48. The number of piperazine rings is 1. The molecule has 6 rings (SSSR count). The zero-order valence-corrected chi connectivity index (χ0v) is 22.2.